The molecular formula is C15H18O2Ti-2. The van der Waals surface area contributed by atoms with E-state index in [4.69, 9.17) is 5.11 Å². The van der Waals surface area contributed by atoms with Crippen molar-refractivity contribution < 1.29 is 31.6 Å². The zero-order valence-electron chi connectivity index (χ0n) is 10.7. The van der Waals surface area contributed by atoms with Gasteiger partial charge in [0, 0.05) is 27.8 Å². The smallest absolute Gasteiger partial charge is 0.155 e. The number of carbonyl (C=O) groups is 1. The summed E-state index contributed by atoms with van der Waals surface area (Å²) in [6.45, 7) is 2.85. The molecule has 2 aromatic carbocycles. The third-order valence-electron chi connectivity index (χ3n) is 1.52. The van der Waals surface area contributed by atoms with Gasteiger partial charge in [-0.1, -0.05) is 0 Å². The Morgan fingerprint density at radius 3 is 1.33 bits per heavy atom. The van der Waals surface area contributed by atoms with Crippen LogP contribution in [-0.4, -0.2) is 10.9 Å². The molecule has 0 aliphatic heterocycles. The fourth-order valence-electron chi connectivity index (χ4n) is 0.936. The van der Waals surface area contributed by atoms with Crippen LogP contribution in [0.25, 0.3) is 0 Å². The molecular weight excluding hydrogens is 260 g/mol. The Hall–Kier alpha value is -1.38. The molecule has 2 nitrogen and oxygen atoms in total. The van der Waals surface area contributed by atoms with Crippen LogP contribution in [0.1, 0.15) is 13.8 Å². The molecule has 0 radical (unpaired) electrons. The van der Waals surface area contributed by atoms with Gasteiger partial charge < -0.3 is 5.11 Å². The van der Waals surface area contributed by atoms with Gasteiger partial charge in [-0.15, -0.1) is 0 Å². The van der Waals surface area contributed by atoms with Crippen molar-refractivity contribution in [2.75, 3.05) is 0 Å². The molecule has 0 fully saturated rings. The second-order valence-corrected chi connectivity index (χ2v) is 3.32. The maximum atomic E-state index is 10.0. The summed E-state index contributed by atoms with van der Waals surface area (Å²) in [4.78, 5) is 10.0. The average Bonchev–Trinajstić information content (AvgIpc) is 2.96. The Labute approximate surface area is 124 Å². The van der Waals surface area contributed by atoms with Crippen LogP contribution in [0.15, 0.2) is 72.5 Å². The topological polar surface area (TPSA) is 37.3 Å². The average molecular weight is 278 g/mol. The van der Waals surface area contributed by atoms with E-state index in [9.17, 15) is 4.79 Å². The van der Waals surface area contributed by atoms with E-state index in [-0.39, 0.29) is 33.3 Å². The molecule has 2 rings (SSSR count). The molecule has 1 N–H and O–H groups in total. The van der Waals surface area contributed by atoms with Crippen LogP contribution in [0.2, 0.25) is 0 Å². The van der Waals surface area contributed by atoms with Crippen LogP contribution in [0.3, 0.4) is 0 Å². The van der Waals surface area contributed by atoms with Crippen LogP contribution in [0.4, 0.5) is 0 Å². The first-order valence-corrected chi connectivity index (χ1v) is 5.34. The van der Waals surface area contributed by atoms with E-state index in [0.29, 0.717) is 0 Å². The Bertz CT molecular complexity index is 321. The van der Waals surface area contributed by atoms with E-state index in [2.05, 4.69) is 0 Å². The Kier molecular flexibility index (Phi) is 14.4. The molecule has 0 amide bonds. The first kappa shape index (κ1) is 19.0. The van der Waals surface area contributed by atoms with Crippen LogP contribution in [-0.2, 0) is 26.5 Å². The predicted molar refractivity (Wildman–Crippen MR) is 71.1 cm³/mol. The molecule has 96 valence electrons. The number of aliphatic hydroxyl groups excluding tert-OH is 1. The number of aliphatic hydroxyl groups is 1. The summed E-state index contributed by atoms with van der Waals surface area (Å²) in [5, 5.41) is 8.36. The molecule has 18 heavy (non-hydrogen) atoms. The molecule has 0 aliphatic rings. The van der Waals surface area contributed by atoms with E-state index in [1.165, 1.54) is 19.9 Å². The minimum Gasteiger partial charge on any atom is -0.512 e. The molecule has 2 aromatic rings. The number of carbonyl (C=O) groups excluding carboxylic acids is 1. The molecule has 0 saturated carbocycles. The fraction of sp³-hybridized carbons (Fsp3) is 0.133. The van der Waals surface area contributed by atoms with Gasteiger partial charge in [-0.25, -0.2) is 24.3 Å². The normalized spacial score (nSPS) is 8.89. The van der Waals surface area contributed by atoms with Crippen molar-refractivity contribution in [3.05, 3.63) is 72.5 Å². The minimum atomic E-state index is -0.125. The van der Waals surface area contributed by atoms with Crippen molar-refractivity contribution in [1.82, 2.24) is 0 Å². The van der Waals surface area contributed by atoms with Gasteiger partial charge >= 0.3 is 0 Å². The molecule has 0 saturated heterocycles. The quantitative estimate of drug-likeness (QED) is 0.372. The predicted octanol–water partition coefficient (Wildman–Crippen LogP) is 3.85. The number of allylic oxidation sites excluding steroid dienone is 2. The number of hydrogen-bond donors (Lipinski definition) is 1. The van der Waals surface area contributed by atoms with Gasteiger partial charge in [0.1, 0.15) is 0 Å². The zero-order chi connectivity index (χ0) is 12.9. The first-order chi connectivity index (χ1) is 8.13. The van der Waals surface area contributed by atoms with Crippen molar-refractivity contribution in [3.8, 4) is 0 Å². The second-order valence-electron chi connectivity index (χ2n) is 3.32. The van der Waals surface area contributed by atoms with E-state index in [0.717, 1.165) is 0 Å². The molecule has 0 aliphatic carbocycles. The van der Waals surface area contributed by atoms with Gasteiger partial charge in [0.2, 0.25) is 0 Å². The van der Waals surface area contributed by atoms with Gasteiger partial charge in [0.05, 0.1) is 5.76 Å². The van der Waals surface area contributed by atoms with Crippen molar-refractivity contribution in [2.45, 2.75) is 13.8 Å². The van der Waals surface area contributed by atoms with Crippen LogP contribution >= 0.6 is 0 Å². The molecule has 0 heterocycles. The standard InChI is InChI=1S/C5H8O2.2C5H5.Ti/c1-4(6)3-5(2)7;2*1-2-4-5-3-1;/h3,6H,1-2H3;2*1-5H;/q;2*-1;/b4-3-;;;. The van der Waals surface area contributed by atoms with Crippen LogP contribution < -0.4 is 0 Å². The van der Waals surface area contributed by atoms with Gasteiger partial charge in [-0.3, -0.25) is 4.79 Å². The summed E-state index contributed by atoms with van der Waals surface area (Å²) in [5.74, 6) is -0.0625. The Balaban J connectivity index is 0. The molecule has 0 aromatic heterocycles. The molecule has 0 bridgehead atoms. The zero-order valence-corrected chi connectivity index (χ0v) is 12.3. The van der Waals surface area contributed by atoms with Crippen molar-refractivity contribution in [3.63, 3.8) is 0 Å². The fourth-order valence-corrected chi connectivity index (χ4v) is 0.936. The van der Waals surface area contributed by atoms with E-state index in [1.54, 1.807) is 0 Å². The van der Waals surface area contributed by atoms with E-state index < -0.39 is 0 Å². The Morgan fingerprint density at radius 2 is 1.28 bits per heavy atom. The van der Waals surface area contributed by atoms with Crippen LogP contribution in [0.5, 0.6) is 0 Å². The summed E-state index contributed by atoms with van der Waals surface area (Å²) in [7, 11) is 0. The maximum absolute atomic E-state index is 10.0. The maximum Gasteiger partial charge on any atom is 0.155 e. The largest absolute Gasteiger partial charge is 0.512 e. The number of rotatable bonds is 1. The Morgan fingerprint density at radius 1 is 0.944 bits per heavy atom. The van der Waals surface area contributed by atoms with E-state index in [1.807, 2.05) is 60.7 Å². The number of ketones is 1. The van der Waals surface area contributed by atoms with Gasteiger partial charge in [-0.2, -0.15) is 36.4 Å². The number of hydrogen-bond acceptors (Lipinski definition) is 2. The minimum absolute atomic E-state index is 0. The summed E-state index contributed by atoms with van der Waals surface area (Å²) in [6.07, 6.45) is 1.17. The molecule has 0 spiro atoms. The van der Waals surface area contributed by atoms with Crippen molar-refractivity contribution in [1.29, 1.82) is 0 Å². The van der Waals surface area contributed by atoms with Gasteiger partial charge in [0.15, 0.2) is 5.78 Å². The third kappa shape index (κ3) is 17.0. The van der Waals surface area contributed by atoms with Crippen LogP contribution in [0, 0.1) is 0 Å². The van der Waals surface area contributed by atoms with Crippen molar-refractivity contribution in [2.24, 2.45) is 0 Å². The monoisotopic (exact) mass is 278 g/mol. The summed E-state index contributed by atoms with van der Waals surface area (Å²) < 4.78 is 0. The summed E-state index contributed by atoms with van der Waals surface area (Å²) in [6, 6.07) is 20.0. The molecule has 0 atom stereocenters. The van der Waals surface area contributed by atoms with E-state index >= 15 is 0 Å². The first-order valence-electron chi connectivity index (χ1n) is 5.34. The molecule has 3 heteroatoms. The van der Waals surface area contributed by atoms with Crippen molar-refractivity contribution >= 4 is 5.78 Å². The summed E-state index contributed by atoms with van der Waals surface area (Å²) in [5.41, 5.74) is 0. The van der Waals surface area contributed by atoms with Gasteiger partial charge in [0.25, 0.3) is 0 Å². The molecule has 0 unspecified atom stereocenters. The SMILES string of the molecule is CC(=O)/C=C(/C)O.[Ti].c1cc[cH-]c1.c1cc[cH-]c1. The summed E-state index contributed by atoms with van der Waals surface area (Å²) >= 11 is 0. The third-order valence-corrected chi connectivity index (χ3v) is 1.52. The van der Waals surface area contributed by atoms with Gasteiger partial charge in [-0.05, 0) is 13.8 Å². The second kappa shape index (κ2) is 13.7.